The van der Waals surface area contributed by atoms with Crippen LogP contribution in [0.25, 0.3) is 11.2 Å². The highest BCUT2D eigenvalue weighted by atomic mass is 16.5. The van der Waals surface area contributed by atoms with Crippen LogP contribution in [-0.2, 0) is 4.74 Å². The molecule has 0 aliphatic carbocycles. The lowest BCUT2D eigenvalue weighted by molar-refractivity contribution is 0.195. The second kappa shape index (κ2) is 4.77. The Kier molecular flexibility index (Phi) is 2.97. The van der Waals surface area contributed by atoms with Crippen molar-refractivity contribution in [3.8, 4) is 0 Å². The average molecular weight is 248 g/mol. The van der Waals surface area contributed by atoms with Gasteiger partial charge in [-0.2, -0.15) is 9.97 Å². The third-order valence-corrected chi connectivity index (χ3v) is 2.89. The molecule has 7 heteroatoms. The van der Waals surface area contributed by atoms with Gasteiger partial charge in [-0.05, 0) is 13.3 Å². The number of aromatic nitrogens is 4. The van der Waals surface area contributed by atoms with Crippen LogP contribution in [0.2, 0.25) is 0 Å². The summed E-state index contributed by atoms with van der Waals surface area (Å²) in [7, 11) is 0. The molecular weight excluding hydrogens is 232 g/mol. The summed E-state index contributed by atoms with van der Waals surface area (Å²) in [5, 5.41) is 6.49. The molecule has 1 atom stereocenters. The van der Waals surface area contributed by atoms with Gasteiger partial charge < -0.3 is 20.4 Å². The highest BCUT2D eigenvalue weighted by Gasteiger charge is 2.18. The molecule has 0 saturated carbocycles. The van der Waals surface area contributed by atoms with Crippen molar-refractivity contribution in [1.82, 2.24) is 19.9 Å². The topological polar surface area (TPSA) is 87.8 Å². The van der Waals surface area contributed by atoms with Crippen LogP contribution in [0.3, 0.4) is 0 Å². The molecular formula is C11H16N6O. The number of nitrogens with zero attached hydrogens (tertiary/aromatic N) is 3. The van der Waals surface area contributed by atoms with Crippen molar-refractivity contribution in [2.24, 2.45) is 0 Å². The Labute approximate surface area is 104 Å². The number of ether oxygens (including phenoxy) is 1. The minimum Gasteiger partial charge on any atom is -0.379 e. The molecule has 2 aromatic heterocycles. The molecule has 0 bridgehead atoms. The predicted molar refractivity (Wildman–Crippen MR) is 68.7 cm³/mol. The maximum Gasteiger partial charge on any atom is 0.226 e. The minimum absolute atomic E-state index is 0.306. The summed E-state index contributed by atoms with van der Waals surface area (Å²) in [6.07, 6.45) is 2.63. The summed E-state index contributed by atoms with van der Waals surface area (Å²) < 4.78 is 5.35. The van der Waals surface area contributed by atoms with Crippen LogP contribution in [-0.4, -0.2) is 45.7 Å². The molecule has 3 heterocycles. The maximum atomic E-state index is 5.35. The summed E-state index contributed by atoms with van der Waals surface area (Å²) in [6, 6.07) is 0.306. The van der Waals surface area contributed by atoms with Crippen molar-refractivity contribution in [2.45, 2.75) is 19.4 Å². The highest BCUT2D eigenvalue weighted by Crippen LogP contribution is 2.21. The number of H-pyrrole nitrogens is 1. The fourth-order valence-corrected chi connectivity index (χ4v) is 2.02. The Morgan fingerprint density at radius 3 is 3.22 bits per heavy atom. The molecule has 1 saturated heterocycles. The second-order valence-electron chi connectivity index (χ2n) is 4.23. The molecule has 2 aromatic rings. The molecule has 96 valence electrons. The van der Waals surface area contributed by atoms with Gasteiger partial charge in [-0.1, -0.05) is 0 Å². The molecule has 0 radical (unpaired) electrons. The molecule has 1 aliphatic rings. The van der Waals surface area contributed by atoms with Crippen LogP contribution in [0.4, 0.5) is 11.8 Å². The van der Waals surface area contributed by atoms with Crippen molar-refractivity contribution < 1.29 is 4.74 Å². The smallest absolute Gasteiger partial charge is 0.226 e. The van der Waals surface area contributed by atoms with Crippen molar-refractivity contribution in [2.75, 3.05) is 30.4 Å². The monoisotopic (exact) mass is 248 g/mol. The van der Waals surface area contributed by atoms with E-state index in [0.29, 0.717) is 17.6 Å². The number of fused-ring (bicyclic) bond motifs is 1. The number of anilines is 2. The molecule has 1 aliphatic heterocycles. The third-order valence-electron chi connectivity index (χ3n) is 2.89. The SMILES string of the molecule is CCNc1nc(NC2CCOC2)c2[nH]cnc2n1. The van der Waals surface area contributed by atoms with Crippen LogP contribution in [0.5, 0.6) is 0 Å². The lowest BCUT2D eigenvalue weighted by Crippen LogP contribution is -2.20. The fourth-order valence-electron chi connectivity index (χ4n) is 2.02. The van der Waals surface area contributed by atoms with Gasteiger partial charge in [-0.15, -0.1) is 0 Å². The van der Waals surface area contributed by atoms with Crippen molar-refractivity contribution in [1.29, 1.82) is 0 Å². The first-order chi connectivity index (χ1) is 8.86. The molecule has 0 amide bonds. The van der Waals surface area contributed by atoms with Gasteiger partial charge in [0.15, 0.2) is 11.5 Å². The number of hydrogen-bond acceptors (Lipinski definition) is 6. The van der Waals surface area contributed by atoms with Gasteiger partial charge in [-0.3, -0.25) is 0 Å². The second-order valence-corrected chi connectivity index (χ2v) is 4.23. The number of nitrogens with one attached hydrogen (secondary N) is 3. The van der Waals surface area contributed by atoms with Crippen LogP contribution < -0.4 is 10.6 Å². The Balaban J connectivity index is 1.93. The van der Waals surface area contributed by atoms with Crippen LogP contribution in [0.15, 0.2) is 6.33 Å². The quantitative estimate of drug-likeness (QED) is 0.747. The summed E-state index contributed by atoms with van der Waals surface area (Å²) in [5.41, 5.74) is 1.51. The van der Waals surface area contributed by atoms with E-state index in [0.717, 1.165) is 37.5 Å². The van der Waals surface area contributed by atoms with Gasteiger partial charge in [0, 0.05) is 13.2 Å². The molecule has 0 spiro atoms. The van der Waals surface area contributed by atoms with Crippen LogP contribution in [0.1, 0.15) is 13.3 Å². The van der Waals surface area contributed by atoms with E-state index in [1.165, 1.54) is 0 Å². The molecule has 3 rings (SSSR count). The zero-order chi connectivity index (χ0) is 12.4. The van der Waals surface area contributed by atoms with Crippen molar-refractivity contribution >= 4 is 22.9 Å². The first kappa shape index (κ1) is 11.2. The summed E-state index contributed by atoms with van der Waals surface area (Å²) >= 11 is 0. The van der Waals surface area contributed by atoms with E-state index in [-0.39, 0.29) is 0 Å². The van der Waals surface area contributed by atoms with E-state index in [2.05, 4.69) is 30.6 Å². The number of imidazole rings is 1. The zero-order valence-corrected chi connectivity index (χ0v) is 10.2. The zero-order valence-electron chi connectivity index (χ0n) is 10.2. The van der Waals surface area contributed by atoms with Gasteiger partial charge in [0.25, 0.3) is 0 Å². The van der Waals surface area contributed by atoms with Crippen LogP contribution in [0, 0.1) is 0 Å². The van der Waals surface area contributed by atoms with Gasteiger partial charge in [0.2, 0.25) is 5.95 Å². The first-order valence-corrected chi connectivity index (χ1v) is 6.16. The Morgan fingerprint density at radius 1 is 1.50 bits per heavy atom. The average Bonchev–Trinajstić information content (AvgIpc) is 2.99. The van der Waals surface area contributed by atoms with E-state index in [9.17, 15) is 0 Å². The molecule has 3 N–H and O–H groups in total. The third kappa shape index (κ3) is 2.08. The molecule has 0 aromatic carbocycles. The Morgan fingerprint density at radius 2 is 2.44 bits per heavy atom. The van der Waals surface area contributed by atoms with Crippen LogP contribution >= 0.6 is 0 Å². The van der Waals surface area contributed by atoms with E-state index in [1.54, 1.807) is 6.33 Å². The Hall–Kier alpha value is -1.89. The van der Waals surface area contributed by atoms with E-state index < -0.39 is 0 Å². The minimum atomic E-state index is 0.306. The van der Waals surface area contributed by atoms with E-state index in [4.69, 9.17) is 4.74 Å². The lowest BCUT2D eigenvalue weighted by atomic mass is 10.2. The maximum absolute atomic E-state index is 5.35. The first-order valence-electron chi connectivity index (χ1n) is 6.16. The number of rotatable bonds is 4. The largest absolute Gasteiger partial charge is 0.379 e. The molecule has 7 nitrogen and oxygen atoms in total. The standard InChI is InChI=1S/C11H16N6O/c1-2-12-11-16-9-8(13-6-14-9)10(17-11)15-7-3-4-18-5-7/h6-7H,2-5H2,1H3,(H3,12,13,14,15,16,17). The number of aromatic amines is 1. The van der Waals surface area contributed by atoms with Gasteiger partial charge in [0.1, 0.15) is 5.52 Å². The summed E-state index contributed by atoms with van der Waals surface area (Å²) in [6.45, 7) is 4.31. The van der Waals surface area contributed by atoms with Crippen molar-refractivity contribution in [3.05, 3.63) is 6.33 Å². The van der Waals surface area contributed by atoms with Gasteiger partial charge >= 0.3 is 0 Å². The van der Waals surface area contributed by atoms with Gasteiger partial charge in [0.05, 0.1) is 19.0 Å². The normalized spacial score (nSPS) is 19.3. The Bertz CT molecular complexity index is 533. The molecule has 18 heavy (non-hydrogen) atoms. The lowest BCUT2D eigenvalue weighted by Gasteiger charge is -2.12. The molecule has 1 unspecified atom stereocenters. The summed E-state index contributed by atoms with van der Waals surface area (Å²) in [4.78, 5) is 16.0. The summed E-state index contributed by atoms with van der Waals surface area (Å²) in [5.74, 6) is 1.38. The highest BCUT2D eigenvalue weighted by molar-refractivity contribution is 5.83. The van der Waals surface area contributed by atoms with E-state index >= 15 is 0 Å². The number of hydrogen-bond donors (Lipinski definition) is 3. The van der Waals surface area contributed by atoms with Crippen molar-refractivity contribution in [3.63, 3.8) is 0 Å². The predicted octanol–water partition coefficient (Wildman–Crippen LogP) is 0.986. The van der Waals surface area contributed by atoms with Gasteiger partial charge in [-0.25, -0.2) is 4.98 Å². The van der Waals surface area contributed by atoms with E-state index in [1.807, 2.05) is 6.92 Å². The molecule has 1 fully saturated rings. The fraction of sp³-hybridized carbons (Fsp3) is 0.545.